The average molecular weight is 570 g/mol. The molecule has 42 heavy (non-hydrogen) atoms. The predicted octanol–water partition coefficient (Wildman–Crippen LogP) is 4.22. The lowest BCUT2D eigenvalue weighted by Crippen LogP contribution is -2.44. The second-order valence-corrected chi connectivity index (χ2v) is 11.2. The summed E-state index contributed by atoms with van der Waals surface area (Å²) in [5.74, 6) is -0.413. The minimum Gasteiger partial charge on any atom is -0.447 e. The van der Waals surface area contributed by atoms with Crippen LogP contribution < -0.4 is 9.80 Å². The molecule has 3 heterocycles. The van der Waals surface area contributed by atoms with Gasteiger partial charge in [-0.15, -0.1) is 0 Å². The number of amides is 3. The van der Waals surface area contributed by atoms with Gasteiger partial charge in [-0.3, -0.25) is 14.5 Å². The maximum atomic E-state index is 14.3. The van der Waals surface area contributed by atoms with E-state index >= 15 is 0 Å². The number of hydrogen-bond acceptors (Lipinski definition) is 6. The molecule has 3 aliphatic heterocycles. The summed E-state index contributed by atoms with van der Waals surface area (Å²) in [7, 11) is 0. The van der Waals surface area contributed by atoms with Crippen molar-refractivity contribution < 1.29 is 29.0 Å². The van der Waals surface area contributed by atoms with Crippen molar-refractivity contribution in [3.63, 3.8) is 0 Å². The molecule has 218 valence electrons. The van der Waals surface area contributed by atoms with Crippen LogP contribution in [0.4, 0.5) is 16.2 Å². The highest BCUT2D eigenvalue weighted by molar-refractivity contribution is 6.07. The monoisotopic (exact) mass is 569 g/mol. The number of aliphatic hydroxyl groups is 1. The van der Waals surface area contributed by atoms with Crippen molar-refractivity contribution in [2.24, 2.45) is 5.92 Å². The number of rotatable bonds is 9. The van der Waals surface area contributed by atoms with Crippen molar-refractivity contribution in [1.29, 1.82) is 0 Å². The lowest BCUT2D eigenvalue weighted by atomic mass is 9.83. The molecule has 1 spiro atoms. The van der Waals surface area contributed by atoms with Crippen LogP contribution in [-0.2, 0) is 37.8 Å². The van der Waals surface area contributed by atoms with Crippen LogP contribution in [0.25, 0.3) is 0 Å². The van der Waals surface area contributed by atoms with Crippen molar-refractivity contribution in [2.75, 3.05) is 36.1 Å². The fraction of sp³-hybridized carbons (Fsp3) is 0.364. The fourth-order valence-electron chi connectivity index (χ4n) is 6.48. The van der Waals surface area contributed by atoms with E-state index in [0.29, 0.717) is 32.7 Å². The number of para-hydroxylation sites is 1. The molecule has 6 rings (SSSR count). The number of carbonyl (C=O) groups is 3. The average Bonchev–Trinajstić information content (AvgIpc) is 3.64. The van der Waals surface area contributed by atoms with Gasteiger partial charge in [-0.1, -0.05) is 67.6 Å². The van der Waals surface area contributed by atoms with Gasteiger partial charge in [0.1, 0.15) is 6.61 Å². The van der Waals surface area contributed by atoms with Crippen molar-refractivity contribution in [1.82, 2.24) is 4.90 Å². The van der Waals surface area contributed by atoms with Gasteiger partial charge in [0.15, 0.2) is 5.60 Å². The molecular formula is C33H35N3O6. The maximum Gasteiger partial charge on any atom is 0.414 e. The number of anilines is 2. The van der Waals surface area contributed by atoms with Gasteiger partial charge >= 0.3 is 6.09 Å². The molecule has 0 unspecified atom stereocenters. The quantitative estimate of drug-likeness (QED) is 0.414. The number of ether oxygens (including phenoxy) is 2. The first-order valence-electron chi connectivity index (χ1n) is 14.5. The van der Waals surface area contributed by atoms with Crippen LogP contribution in [0.2, 0.25) is 0 Å². The third-order valence-corrected chi connectivity index (χ3v) is 8.49. The maximum absolute atomic E-state index is 14.3. The Hall–Kier alpha value is -4.21. The first-order valence-corrected chi connectivity index (χ1v) is 14.5. The van der Waals surface area contributed by atoms with Gasteiger partial charge < -0.3 is 24.4 Å². The summed E-state index contributed by atoms with van der Waals surface area (Å²) in [5, 5.41) is 9.62. The lowest BCUT2D eigenvalue weighted by molar-refractivity contribution is -0.150. The molecule has 3 atom stereocenters. The number of benzene rings is 3. The highest BCUT2D eigenvalue weighted by atomic mass is 16.6. The van der Waals surface area contributed by atoms with Crippen LogP contribution in [0.1, 0.15) is 36.5 Å². The van der Waals surface area contributed by atoms with Crippen molar-refractivity contribution in [3.8, 4) is 0 Å². The Labute approximate surface area is 245 Å². The highest BCUT2D eigenvalue weighted by Gasteiger charge is 2.60. The smallest absolute Gasteiger partial charge is 0.414 e. The van der Waals surface area contributed by atoms with Crippen molar-refractivity contribution in [3.05, 3.63) is 95.6 Å². The van der Waals surface area contributed by atoms with Gasteiger partial charge in [0.05, 0.1) is 37.9 Å². The molecule has 0 bridgehead atoms. The van der Waals surface area contributed by atoms with Crippen molar-refractivity contribution in [2.45, 2.75) is 44.6 Å². The summed E-state index contributed by atoms with van der Waals surface area (Å²) in [5.41, 5.74) is 3.02. The molecule has 0 aliphatic carbocycles. The van der Waals surface area contributed by atoms with E-state index in [9.17, 15) is 19.5 Å². The van der Waals surface area contributed by atoms with Crippen LogP contribution >= 0.6 is 0 Å². The number of nitrogens with zero attached hydrogens (tertiary/aromatic N) is 3. The van der Waals surface area contributed by atoms with Crippen LogP contribution in [0.5, 0.6) is 0 Å². The summed E-state index contributed by atoms with van der Waals surface area (Å²) in [6.45, 7) is 3.66. The third-order valence-electron chi connectivity index (χ3n) is 8.49. The van der Waals surface area contributed by atoms with E-state index in [1.807, 2.05) is 85.8 Å². The van der Waals surface area contributed by atoms with E-state index in [2.05, 4.69) is 0 Å². The van der Waals surface area contributed by atoms with Gasteiger partial charge in [-0.25, -0.2) is 4.79 Å². The lowest BCUT2D eigenvalue weighted by Gasteiger charge is -2.29. The van der Waals surface area contributed by atoms with Gasteiger partial charge in [0.2, 0.25) is 5.91 Å². The van der Waals surface area contributed by atoms with E-state index < -0.39 is 11.7 Å². The second-order valence-electron chi connectivity index (χ2n) is 11.2. The molecule has 2 fully saturated rings. The Balaban J connectivity index is 1.22. The van der Waals surface area contributed by atoms with Crippen LogP contribution in [-0.4, -0.2) is 60.3 Å². The zero-order valence-electron chi connectivity index (χ0n) is 23.6. The van der Waals surface area contributed by atoms with Gasteiger partial charge in [0, 0.05) is 30.3 Å². The topological polar surface area (TPSA) is 99.6 Å². The van der Waals surface area contributed by atoms with Gasteiger partial charge in [-0.2, -0.15) is 0 Å². The molecule has 1 N–H and O–H groups in total. The molecule has 0 saturated carbocycles. The summed E-state index contributed by atoms with van der Waals surface area (Å²) in [4.78, 5) is 44.8. The molecule has 3 aromatic rings. The number of aliphatic hydroxyl groups excluding tert-OH is 1. The number of fused-ring (bicyclic) bond motifs is 2. The predicted molar refractivity (Wildman–Crippen MR) is 157 cm³/mol. The minimum absolute atomic E-state index is 0.116. The standard InChI is InChI=1S/C33H35N3O6/c1-23-18-27(20-30(38)34(14-16-37)21-24-8-3-2-4-9-24)42-33(23)28-12-5-6-13-29(28)36(31(33)39)22-25-10-7-11-26(19-25)35-15-17-41-32(35)40/h2-13,19,23,27,37H,14-18,20-22H2,1H3/t23-,27-,33+/m1/s1. The Morgan fingerprint density at radius 2 is 1.79 bits per heavy atom. The van der Waals surface area contributed by atoms with Crippen LogP contribution in [0, 0.1) is 5.92 Å². The van der Waals surface area contributed by atoms with Gasteiger partial charge in [-0.05, 0) is 35.7 Å². The Morgan fingerprint density at radius 1 is 1.02 bits per heavy atom. The van der Waals surface area contributed by atoms with Crippen molar-refractivity contribution >= 4 is 29.3 Å². The summed E-state index contributed by atoms with van der Waals surface area (Å²) >= 11 is 0. The molecule has 2 saturated heterocycles. The Kier molecular flexibility index (Phi) is 7.70. The molecule has 0 radical (unpaired) electrons. The molecule has 0 aromatic heterocycles. The first kappa shape index (κ1) is 27.9. The number of carbonyl (C=O) groups excluding carboxylic acids is 3. The molecule has 3 amide bonds. The normalized spacial score (nSPS) is 23.0. The fourth-order valence-corrected chi connectivity index (χ4v) is 6.48. The summed E-state index contributed by atoms with van der Waals surface area (Å²) < 4.78 is 11.7. The summed E-state index contributed by atoms with van der Waals surface area (Å²) in [6.07, 6.45) is -0.123. The zero-order valence-corrected chi connectivity index (χ0v) is 23.6. The van der Waals surface area contributed by atoms with E-state index in [0.717, 1.165) is 28.1 Å². The minimum atomic E-state index is -1.18. The number of hydrogen-bond donors (Lipinski definition) is 1. The third kappa shape index (κ3) is 5.03. The van der Waals surface area contributed by atoms with Gasteiger partial charge in [0.25, 0.3) is 5.91 Å². The van der Waals surface area contributed by atoms with Crippen LogP contribution in [0.3, 0.4) is 0 Å². The van der Waals surface area contributed by atoms with E-state index in [4.69, 9.17) is 9.47 Å². The molecule has 3 aromatic carbocycles. The Bertz CT molecular complexity index is 1480. The zero-order chi connectivity index (χ0) is 29.3. The second kappa shape index (κ2) is 11.6. The van der Waals surface area contributed by atoms with E-state index in [-0.39, 0.29) is 43.4 Å². The first-order chi connectivity index (χ1) is 20.4. The largest absolute Gasteiger partial charge is 0.447 e. The highest BCUT2D eigenvalue weighted by Crippen LogP contribution is 2.53. The van der Waals surface area contributed by atoms with E-state index in [1.165, 1.54) is 0 Å². The summed E-state index contributed by atoms with van der Waals surface area (Å²) in [6, 6.07) is 25.0. The molecule has 3 aliphatic rings. The van der Waals surface area contributed by atoms with E-state index in [1.54, 1.807) is 14.7 Å². The SMILES string of the molecule is C[C@@H]1C[C@H](CC(=O)N(CCO)Cc2ccccc2)O[C@@]12C(=O)N(Cc1cccc(N3CCOC3=O)c1)c1ccccc12. The number of cyclic esters (lactones) is 1. The Morgan fingerprint density at radius 3 is 2.55 bits per heavy atom. The molecular weight excluding hydrogens is 534 g/mol. The molecule has 9 nitrogen and oxygen atoms in total. The van der Waals surface area contributed by atoms with Crippen LogP contribution in [0.15, 0.2) is 78.9 Å². The molecule has 9 heteroatoms.